The van der Waals surface area contributed by atoms with Gasteiger partial charge in [0.15, 0.2) is 0 Å². The van der Waals surface area contributed by atoms with E-state index in [4.69, 9.17) is 9.47 Å². The zero-order valence-electron chi connectivity index (χ0n) is 12.2. The molecule has 0 aliphatic rings. The summed E-state index contributed by atoms with van der Waals surface area (Å²) in [6.45, 7) is 8.79. The fourth-order valence-electron chi connectivity index (χ4n) is 1.86. The van der Waals surface area contributed by atoms with E-state index < -0.39 is 0 Å². The molecule has 0 aliphatic heterocycles. The van der Waals surface area contributed by atoms with Crippen molar-refractivity contribution >= 4 is 5.97 Å². The van der Waals surface area contributed by atoms with Gasteiger partial charge in [0.1, 0.15) is 11.9 Å². The van der Waals surface area contributed by atoms with E-state index in [1.807, 2.05) is 6.92 Å². The van der Waals surface area contributed by atoms with Gasteiger partial charge in [-0.3, -0.25) is 0 Å². The summed E-state index contributed by atoms with van der Waals surface area (Å²) in [5.74, 6) is 0.440. The zero-order valence-corrected chi connectivity index (χ0v) is 12.2. The van der Waals surface area contributed by atoms with E-state index in [2.05, 4.69) is 18.7 Å². The van der Waals surface area contributed by atoms with Crippen LogP contribution < -0.4 is 4.74 Å². The normalized spacial score (nSPS) is 12.3. The Morgan fingerprint density at radius 3 is 2.26 bits per heavy atom. The Morgan fingerprint density at radius 2 is 1.79 bits per heavy atom. The lowest BCUT2D eigenvalue weighted by atomic mass is 10.2. The van der Waals surface area contributed by atoms with E-state index in [-0.39, 0.29) is 12.1 Å². The average molecular weight is 265 g/mol. The molecule has 4 heteroatoms. The molecule has 4 nitrogen and oxygen atoms in total. The summed E-state index contributed by atoms with van der Waals surface area (Å²) in [5, 5.41) is 0. The van der Waals surface area contributed by atoms with Crippen LogP contribution in [0.25, 0.3) is 0 Å². The van der Waals surface area contributed by atoms with E-state index in [1.165, 1.54) is 0 Å². The molecule has 0 aromatic heterocycles. The molecule has 19 heavy (non-hydrogen) atoms. The summed E-state index contributed by atoms with van der Waals surface area (Å²) in [6, 6.07) is 6.94. The average Bonchev–Trinajstić information content (AvgIpc) is 2.44. The van der Waals surface area contributed by atoms with Crippen LogP contribution >= 0.6 is 0 Å². The van der Waals surface area contributed by atoms with Crippen molar-refractivity contribution in [2.24, 2.45) is 0 Å². The number of carbonyl (C=O) groups is 1. The van der Waals surface area contributed by atoms with Gasteiger partial charge in [-0.2, -0.15) is 0 Å². The first-order valence-electron chi connectivity index (χ1n) is 6.68. The summed E-state index contributed by atoms with van der Waals surface area (Å²) in [4.78, 5) is 14.2. The molecule has 106 valence electrons. The molecule has 0 heterocycles. The molecule has 0 aliphatic carbocycles. The van der Waals surface area contributed by atoms with Crippen molar-refractivity contribution in [1.82, 2.24) is 4.90 Å². The lowest BCUT2D eigenvalue weighted by molar-refractivity contribution is 0.0260. The lowest BCUT2D eigenvalue weighted by Gasteiger charge is -2.22. The van der Waals surface area contributed by atoms with Gasteiger partial charge in [0.05, 0.1) is 12.7 Å². The minimum absolute atomic E-state index is 0.116. The molecule has 0 spiro atoms. The molecular formula is C15H23NO3. The van der Waals surface area contributed by atoms with E-state index >= 15 is 0 Å². The highest BCUT2D eigenvalue weighted by molar-refractivity contribution is 5.89. The van der Waals surface area contributed by atoms with Crippen LogP contribution in [0.15, 0.2) is 24.3 Å². The molecule has 1 aromatic rings. The third kappa shape index (κ3) is 4.91. The summed E-state index contributed by atoms with van der Waals surface area (Å²) in [7, 11) is 1.60. The second-order valence-electron chi connectivity index (χ2n) is 4.43. The van der Waals surface area contributed by atoms with Crippen molar-refractivity contribution in [3.63, 3.8) is 0 Å². The molecule has 0 amide bonds. The molecule has 0 fully saturated rings. The number of hydrogen-bond donors (Lipinski definition) is 0. The number of benzene rings is 1. The fraction of sp³-hybridized carbons (Fsp3) is 0.533. The molecular weight excluding hydrogens is 242 g/mol. The van der Waals surface area contributed by atoms with Crippen molar-refractivity contribution in [3.05, 3.63) is 29.8 Å². The van der Waals surface area contributed by atoms with Crippen LogP contribution in [-0.2, 0) is 4.74 Å². The molecule has 0 bridgehead atoms. The van der Waals surface area contributed by atoms with Crippen LogP contribution in [-0.4, -0.2) is 43.7 Å². The highest BCUT2D eigenvalue weighted by Gasteiger charge is 2.14. The summed E-state index contributed by atoms with van der Waals surface area (Å²) in [5.41, 5.74) is 0.548. The number of hydrogen-bond acceptors (Lipinski definition) is 4. The molecule has 1 rings (SSSR count). The van der Waals surface area contributed by atoms with Crippen molar-refractivity contribution in [2.45, 2.75) is 26.9 Å². The van der Waals surface area contributed by atoms with Gasteiger partial charge in [-0.05, 0) is 44.3 Å². The van der Waals surface area contributed by atoms with Gasteiger partial charge < -0.3 is 14.4 Å². The van der Waals surface area contributed by atoms with Crippen LogP contribution in [0.4, 0.5) is 0 Å². The van der Waals surface area contributed by atoms with E-state index in [0.29, 0.717) is 5.56 Å². The van der Waals surface area contributed by atoms with Gasteiger partial charge in [0.25, 0.3) is 0 Å². The number of nitrogens with zero attached hydrogens (tertiary/aromatic N) is 1. The monoisotopic (exact) mass is 265 g/mol. The molecule has 1 unspecified atom stereocenters. The van der Waals surface area contributed by atoms with E-state index in [0.717, 1.165) is 25.4 Å². The third-order valence-electron chi connectivity index (χ3n) is 3.04. The van der Waals surface area contributed by atoms with Crippen molar-refractivity contribution in [1.29, 1.82) is 0 Å². The second-order valence-corrected chi connectivity index (χ2v) is 4.43. The smallest absolute Gasteiger partial charge is 0.338 e. The number of carbonyl (C=O) groups excluding carboxylic acids is 1. The van der Waals surface area contributed by atoms with Gasteiger partial charge >= 0.3 is 5.97 Å². The molecule has 0 saturated heterocycles. The molecule has 1 atom stereocenters. The van der Waals surface area contributed by atoms with Crippen LogP contribution in [0.1, 0.15) is 31.1 Å². The van der Waals surface area contributed by atoms with Gasteiger partial charge in [-0.25, -0.2) is 4.79 Å². The maximum atomic E-state index is 11.9. The predicted octanol–water partition coefficient (Wildman–Crippen LogP) is 2.58. The molecule has 1 aromatic carbocycles. The topological polar surface area (TPSA) is 38.8 Å². The lowest BCUT2D eigenvalue weighted by Crippen LogP contribution is -2.33. The first-order valence-corrected chi connectivity index (χ1v) is 6.68. The summed E-state index contributed by atoms with van der Waals surface area (Å²) < 4.78 is 10.5. The maximum absolute atomic E-state index is 11.9. The predicted molar refractivity (Wildman–Crippen MR) is 75.7 cm³/mol. The summed E-state index contributed by atoms with van der Waals surface area (Å²) in [6.07, 6.45) is -0.116. The Bertz CT molecular complexity index is 385. The largest absolute Gasteiger partial charge is 0.497 e. The van der Waals surface area contributed by atoms with Gasteiger partial charge in [-0.1, -0.05) is 13.8 Å². The Morgan fingerprint density at radius 1 is 1.21 bits per heavy atom. The second kappa shape index (κ2) is 7.79. The number of esters is 1. The highest BCUT2D eigenvalue weighted by atomic mass is 16.5. The van der Waals surface area contributed by atoms with E-state index in [9.17, 15) is 4.79 Å². The maximum Gasteiger partial charge on any atom is 0.338 e. The fourth-order valence-corrected chi connectivity index (χ4v) is 1.86. The van der Waals surface area contributed by atoms with Gasteiger partial charge in [0, 0.05) is 6.54 Å². The van der Waals surface area contributed by atoms with Crippen molar-refractivity contribution in [2.75, 3.05) is 26.7 Å². The van der Waals surface area contributed by atoms with Gasteiger partial charge in [0.2, 0.25) is 0 Å². The minimum Gasteiger partial charge on any atom is -0.497 e. The Kier molecular flexibility index (Phi) is 6.36. The van der Waals surface area contributed by atoms with E-state index in [1.54, 1.807) is 31.4 Å². The first-order chi connectivity index (χ1) is 9.10. The first kappa shape index (κ1) is 15.5. The van der Waals surface area contributed by atoms with Crippen LogP contribution in [0.5, 0.6) is 5.75 Å². The Balaban J connectivity index is 2.53. The van der Waals surface area contributed by atoms with Crippen molar-refractivity contribution < 1.29 is 14.3 Å². The number of likely N-dealkylation sites (N-methyl/N-ethyl adjacent to an activating group) is 1. The Hall–Kier alpha value is -1.55. The SMILES string of the molecule is CCN(CC)CC(C)OC(=O)c1ccc(OC)cc1. The molecule has 0 radical (unpaired) electrons. The van der Waals surface area contributed by atoms with Crippen molar-refractivity contribution in [3.8, 4) is 5.75 Å². The quantitative estimate of drug-likeness (QED) is 0.710. The summed E-state index contributed by atoms with van der Waals surface area (Å²) >= 11 is 0. The molecule has 0 N–H and O–H groups in total. The van der Waals surface area contributed by atoms with Crippen LogP contribution in [0.2, 0.25) is 0 Å². The highest BCUT2D eigenvalue weighted by Crippen LogP contribution is 2.13. The third-order valence-corrected chi connectivity index (χ3v) is 3.04. The molecule has 0 saturated carbocycles. The number of rotatable bonds is 7. The zero-order chi connectivity index (χ0) is 14.3. The minimum atomic E-state index is -0.290. The van der Waals surface area contributed by atoms with Crippen LogP contribution in [0.3, 0.4) is 0 Å². The number of ether oxygens (including phenoxy) is 2. The number of methoxy groups -OCH3 is 1. The standard InChI is InChI=1S/C15H23NO3/c1-5-16(6-2)11-12(3)19-15(17)13-7-9-14(18-4)10-8-13/h7-10,12H,5-6,11H2,1-4H3. The Labute approximate surface area is 115 Å². The van der Waals surface area contributed by atoms with Crippen LogP contribution in [0, 0.1) is 0 Å². The van der Waals surface area contributed by atoms with Gasteiger partial charge in [-0.15, -0.1) is 0 Å².